The molecule has 1 N–H and O–H groups in total. The van der Waals surface area contributed by atoms with Crippen LogP contribution in [0.15, 0.2) is 30.7 Å². The fourth-order valence-electron chi connectivity index (χ4n) is 2.76. The third-order valence-electron chi connectivity index (χ3n) is 3.86. The predicted molar refractivity (Wildman–Crippen MR) is 81.6 cm³/mol. The molecule has 7 heteroatoms. The zero-order chi connectivity index (χ0) is 14.9. The number of aryl methyl sites for hydroxylation is 1. The third-order valence-corrected chi connectivity index (χ3v) is 3.86. The van der Waals surface area contributed by atoms with Gasteiger partial charge in [-0.3, -0.25) is 5.10 Å². The van der Waals surface area contributed by atoms with E-state index in [4.69, 9.17) is 4.74 Å². The van der Waals surface area contributed by atoms with Crippen LogP contribution in [0.5, 0.6) is 0 Å². The maximum absolute atomic E-state index is 5.93. The summed E-state index contributed by atoms with van der Waals surface area (Å²) in [4.78, 5) is 15.0. The van der Waals surface area contributed by atoms with Gasteiger partial charge in [0.25, 0.3) is 0 Å². The zero-order valence-electron chi connectivity index (χ0n) is 12.2. The van der Waals surface area contributed by atoms with Crippen molar-refractivity contribution in [2.75, 3.05) is 24.6 Å². The number of H-pyrrole nitrogens is 1. The first-order chi connectivity index (χ1) is 10.8. The molecular weight excluding hydrogens is 280 g/mol. The molecule has 1 aliphatic rings. The number of morpholine rings is 1. The van der Waals surface area contributed by atoms with E-state index in [1.165, 1.54) is 0 Å². The second-order valence-electron chi connectivity index (χ2n) is 5.33. The van der Waals surface area contributed by atoms with Crippen LogP contribution in [0, 0.1) is 6.92 Å². The number of ether oxygens (including phenoxy) is 1. The van der Waals surface area contributed by atoms with E-state index in [1.54, 1.807) is 12.5 Å². The molecule has 3 aromatic rings. The predicted octanol–water partition coefficient (Wildman–Crippen LogP) is 1.63. The van der Waals surface area contributed by atoms with Crippen LogP contribution >= 0.6 is 0 Å². The number of nitrogens with zero attached hydrogens (tertiary/aromatic N) is 5. The Morgan fingerprint density at radius 2 is 2.27 bits per heavy atom. The maximum atomic E-state index is 5.93. The average Bonchev–Trinajstić information content (AvgIpc) is 2.99. The van der Waals surface area contributed by atoms with Crippen molar-refractivity contribution in [1.29, 1.82) is 0 Å². The Balaban J connectivity index is 1.63. The van der Waals surface area contributed by atoms with Crippen molar-refractivity contribution in [3.05, 3.63) is 42.1 Å². The summed E-state index contributed by atoms with van der Waals surface area (Å²) < 4.78 is 5.93. The van der Waals surface area contributed by atoms with E-state index >= 15 is 0 Å². The number of pyridine rings is 1. The Labute approximate surface area is 127 Å². The van der Waals surface area contributed by atoms with Crippen LogP contribution < -0.4 is 4.90 Å². The fraction of sp³-hybridized carbons (Fsp3) is 0.333. The average molecular weight is 296 g/mol. The molecule has 1 fully saturated rings. The van der Waals surface area contributed by atoms with Crippen LogP contribution in [0.25, 0.3) is 11.0 Å². The molecule has 112 valence electrons. The summed E-state index contributed by atoms with van der Waals surface area (Å²) in [5, 5.41) is 8.32. The molecular formula is C15H16N6O. The molecule has 7 nitrogen and oxygen atoms in total. The number of fused-ring (bicyclic) bond motifs is 1. The number of aromatic nitrogens is 5. The molecule has 22 heavy (non-hydrogen) atoms. The number of rotatable bonds is 2. The molecule has 4 rings (SSSR count). The van der Waals surface area contributed by atoms with Crippen LogP contribution in [0.3, 0.4) is 0 Å². The van der Waals surface area contributed by atoms with Gasteiger partial charge in [0.2, 0.25) is 0 Å². The largest absolute Gasteiger partial charge is 0.368 e. The SMILES string of the molecule is Cc1cc(N2CCOC(c3[nH]nc4ncccc34)C2)ncn1. The number of nitrogens with one attached hydrogen (secondary N) is 1. The number of aromatic amines is 1. The minimum absolute atomic E-state index is 0.0711. The normalized spacial score (nSPS) is 18.8. The highest BCUT2D eigenvalue weighted by Crippen LogP contribution is 2.28. The standard InChI is InChI=1S/C15H16N6O/c1-10-7-13(18-9-17-10)21-5-6-22-12(8-21)14-11-3-2-4-16-15(11)20-19-14/h2-4,7,9,12H,5-6,8H2,1H3,(H,16,19,20). The molecule has 1 aliphatic heterocycles. The number of hydrogen-bond acceptors (Lipinski definition) is 6. The highest BCUT2D eigenvalue weighted by atomic mass is 16.5. The van der Waals surface area contributed by atoms with Crippen molar-refractivity contribution >= 4 is 16.9 Å². The molecule has 0 aliphatic carbocycles. The molecule has 0 spiro atoms. The molecule has 3 aromatic heterocycles. The van der Waals surface area contributed by atoms with E-state index in [2.05, 4.69) is 30.0 Å². The van der Waals surface area contributed by atoms with E-state index in [0.717, 1.165) is 41.3 Å². The second kappa shape index (κ2) is 5.34. The second-order valence-corrected chi connectivity index (χ2v) is 5.33. The molecule has 1 unspecified atom stereocenters. The van der Waals surface area contributed by atoms with Crippen LogP contribution in [0.2, 0.25) is 0 Å². The van der Waals surface area contributed by atoms with Crippen LogP contribution in [0.4, 0.5) is 5.82 Å². The maximum Gasteiger partial charge on any atom is 0.181 e. The Morgan fingerprint density at radius 3 is 3.18 bits per heavy atom. The summed E-state index contributed by atoms with van der Waals surface area (Å²) in [5.74, 6) is 0.933. The lowest BCUT2D eigenvalue weighted by Gasteiger charge is -2.33. The Kier molecular flexibility index (Phi) is 3.19. The molecule has 4 heterocycles. The molecule has 0 amide bonds. The minimum atomic E-state index is -0.0711. The van der Waals surface area contributed by atoms with Gasteiger partial charge in [0.15, 0.2) is 5.65 Å². The summed E-state index contributed by atoms with van der Waals surface area (Å²) in [6.45, 7) is 4.16. The van der Waals surface area contributed by atoms with Gasteiger partial charge in [-0.2, -0.15) is 5.10 Å². The van der Waals surface area contributed by atoms with Crippen LogP contribution in [-0.4, -0.2) is 44.8 Å². The highest BCUT2D eigenvalue weighted by molar-refractivity contribution is 5.77. The summed E-state index contributed by atoms with van der Waals surface area (Å²) in [6, 6.07) is 5.92. The van der Waals surface area contributed by atoms with E-state index < -0.39 is 0 Å². The van der Waals surface area contributed by atoms with Crippen molar-refractivity contribution in [3.8, 4) is 0 Å². The summed E-state index contributed by atoms with van der Waals surface area (Å²) in [5.41, 5.74) is 2.65. The quantitative estimate of drug-likeness (QED) is 0.774. The van der Waals surface area contributed by atoms with E-state index in [1.807, 2.05) is 25.1 Å². The number of hydrogen-bond donors (Lipinski definition) is 1. The lowest BCUT2D eigenvalue weighted by molar-refractivity contribution is 0.0376. The van der Waals surface area contributed by atoms with Gasteiger partial charge >= 0.3 is 0 Å². The first-order valence-corrected chi connectivity index (χ1v) is 7.25. The number of anilines is 1. The first kappa shape index (κ1) is 13.1. The van der Waals surface area contributed by atoms with E-state index in [0.29, 0.717) is 6.61 Å². The molecule has 0 saturated carbocycles. The van der Waals surface area contributed by atoms with Gasteiger partial charge < -0.3 is 9.64 Å². The molecule has 0 aromatic carbocycles. The molecule has 1 saturated heterocycles. The fourth-order valence-corrected chi connectivity index (χ4v) is 2.76. The Bertz CT molecular complexity index is 801. The van der Waals surface area contributed by atoms with E-state index in [9.17, 15) is 0 Å². The van der Waals surface area contributed by atoms with Crippen LogP contribution in [0.1, 0.15) is 17.5 Å². The van der Waals surface area contributed by atoms with Crippen LogP contribution in [-0.2, 0) is 4.74 Å². The topological polar surface area (TPSA) is 79.8 Å². The lowest BCUT2D eigenvalue weighted by atomic mass is 10.1. The summed E-state index contributed by atoms with van der Waals surface area (Å²) in [6.07, 6.45) is 3.27. The van der Waals surface area contributed by atoms with E-state index in [-0.39, 0.29) is 6.10 Å². The molecule has 0 bridgehead atoms. The summed E-state index contributed by atoms with van der Waals surface area (Å²) >= 11 is 0. The van der Waals surface area contributed by atoms with Gasteiger partial charge in [0.05, 0.1) is 18.8 Å². The van der Waals surface area contributed by atoms with Gasteiger partial charge in [-0.05, 0) is 19.1 Å². The molecule has 1 atom stereocenters. The summed E-state index contributed by atoms with van der Waals surface area (Å²) in [7, 11) is 0. The van der Waals surface area contributed by atoms with Crippen molar-refractivity contribution in [1.82, 2.24) is 25.1 Å². The Hall–Kier alpha value is -2.54. The van der Waals surface area contributed by atoms with Gasteiger partial charge in [-0.1, -0.05) is 0 Å². The van der Waals surface area contributed by atoms with Crippen molar-refractivity contribution in [3.63, 3.8) is 0 Å². The highest BCUT2D eigenvalue weighted by Gasteiger charge is 2.26. The smallest absolute Gasteiger partial charge is 0.181 e. The lowest BCUT2D eigenvalue weighted by Crippen LogP contribution is -2.39. The van der Waals surface area contributed by atoms with Gasteiger partial charge in [0, 0.05) is 29.9 Å². The van der Waals surface area contributed by atoms with Gasteiger partial charge in [-0.25, -0.2) is 15.0 Å². The van der Waals surface area contributed by atoms with Gasteiger partial charge in [0.1, 0.15) is 18.2 Å². The Morgan fingerprint density at radius 1 is 1.32 bits per heavy atom. The van der Waals surface area contributed by atoms with Crippen molar-refractivity contribution in [2.24, 2.45) is 0 Å². The van der Waals surface area contributed by atoms with Crippen molar-refractivity contribution in [2.45, 2.75) is 13.0 Å². The zero-order valence-corrected chi connectivity index (χ0v) is 12.2. The minimum Gasteiger partial charge on any atom is -0.368 e. The first-order valence-electron chi connectivity index (χ1n) is 7.25. The van der Waals surface area contributed by atoms with Crippen molar-refractivity contribution < 1.29 is 4.74 Å². The monoisotopic (exact) mass is 296 g/mol. The third kappa shape index (κ3) is 2.29. The van der Waals surface area contributed by atoms with Gasteiger partial charge in [-0.15, -0.1) is 0 Å². The molecule has 0 radical (unpaired) electrons.